The Morgan fingerprint density at radius 2 is 1.26 bits per heavy atom. The normalized spacial score (nSPS) is 10.9. The summed E-state index contributed by atoms with van der Waals surface area (Å²) in [6, 6.07) is 17.7. The van der Waals surface area contributed by atoms with Gasteiger partial charge in [0.15, 0.2) is 0 Å². The quantitative estimate of drug-likeness (QED) is 0.689. The summed E-state index contributed by atoms with van der Waals surface area (Å²) in [5, 5.41) is 0. The van der Waals surface area contributed by atoms with E-state index in [4.69, 9.17) is 0 Å². The molecule has 0 aliphatic heterocycles. The molecule has 0 heteroatoms. The smallest absolute Gasteiger partial charge is 0.0216 e. The van der Waals surface area contributed by atoms with Crippen molar-refractivity contribution in [2.75, 3.05) is 0 Å². The Bertz CT molecular complexity index is 523. The minimum atomic E-state index is 0.609. The second-order valence-corrected chi connectivity index (χ2v) is 5.48. The van der Waals surface area contributed by atoms with Crippen molar-refractivity contribution in [2.24, 2.45) is 0 Å². The minimum absolute atomic E-state index is 0.609. The van der Waals surface area contributed by atoms with Gasteiger partial charge in [0.2, 0.25) is 0 Å². The number of hydrogen-bond donors (Lipinski definition) is 0. The van der Waals surface area contributed by atoms with Gasteiger partial charge in [-0.25, -0.2) is 0 Å². The lowest BCUT2D eigenvalue weighted by molar-refractivity contribution is 0.826. The first-order valence-electron chi connectivity index (χ1n) is 7.37. The van der Waals surface area contributed by atoms with E-state index >= 15 is 0 Å². The summed E-state index contributed by atoms with van der Waals surface area (Å²) >= 11 is 0. The Morgan fingerprint density at radius 1 is 0.737 bits per heavy atom. The Labute approximate surface area is 117 Å². The van der Waals surface area contributed by atoms with Crippen molar-refractivity contribution < 1.29 is 0 Å². The van der Waals surface area contributed by atoms with Crippen LogP contribution < -0.4 is 0 Å². The highest BCUT2D eigenvalue weighted by Crippen LogP contribution is 2.21. The summed E-state index contributed by atoms with van der Waals surface area (Å²) in [6.07, 6.45) is 3.42. The Morgan fingerprint density at radius 3 is 1.89 bits per heavy atom. The van der Waals surface area contributed by atoms with Crippen LogP contribution in [-0.2, 0) is 19.3 Å². The van der Waals surface area contributed by atoms with Crippen LogP contribution in [0.3, 0.4) is 0 Å². The fraction of sp³-hybridized carbons (Fsp3) is 0.368. The SMILES string of the molecule is CCc1ccccc1CCc1ccccc1C(C)C. The molecule has 0 spiro atoms. The first-order valence-corrected chi connectivity index (χ1v) is 7.37. The van der Waals surface area contributed by atoms with E-state index in [1.807, 2.05) is 0 Å². The molecule has 0 saturated carbocycles. The van der Waals surface area contributed by atoms with Crippen molar-refractivity contribution in [2.45, 2.75) is 46.0 Å². The van der Waals surface area contributed by atoms with E-state index in [0.29, 0.717) is 5.92 Å². The molecule has 0 atom stereocenters. The molecule has 0 nitrogen and oxygen atoms in total. The molecule has 0 saturated heterocycles. The fourth-order valence-electron chi connectivity index (χ4n) is 2.74. The second-order valence-electron chi connectivity index (χ2n) is 5.48. The monoisotopic (exact) mass is 252 g/mol. The zero-order valence-corrected chi connectivity index (χ0v) is 12.3. The van der Waals surface area contributed by atoms with Gasteiger partial charge in [0.1, 0.15) is 0 Å². The summed E-state index contributed by atoms with van der Waals surface area (Å²) in [5.41, 5.74) is 5.99. The maximum Gasteiger partial charge on any atom is -0.0216 e. The van der Waals surface area contributed by atoms with Gasteiger partial charge in [-0.1, -0.05) is 69.3 Å². The molecule has 2 rings (SSSR count). The van der Waals surface area contributed by atoms with E-state index < -0.39 is 0 Å². The highest BCUT2D eigenvalue weighted by atomic mass is 14.1. The molecule has 0 aromatic heterocycles. The van der Waals surface area contributed by atoms with Gasteiger partial charge in [-0.2, -0.15) is 0 Å². The van der Waals surface area contributed by atoms with Crippen molar-refractivity contribution in [3.63, 3.8) is 0 Å². The molecule has 2 aromatic carbocycles. The Hall–Kier alpha value is -1.56. The van der Waals surface area contributed by atoms with E-state index in [0.717, 1.165) is 19.3 Å². The van der Waals surface area contributed by atoms with Gasteiger partial charge >= 0.3 is 0 Å². The molecular weight excluding hydrogens is 228 g/mol. The van der Waals surface area contributed by atoms with Gasteiger partial charge in [-0.05, 0) is 47.4 Å². The lowest BCUT2D eigenvalue weighted by Gasteiger charge is -2.13. The molecule has 100 valence electrons. The minimum Gasteiger partial charge on any atom is -0.0620 e. The first-order chi connectivity index (χ1) is 9.22. The van der Waals surface area contributed by atoms with Crippen molar-refractivity contribution in [3.8, 4) is 0 Å². The molecular formula is C19H24. The molecule has 0 fully saturated rings. The summed E-state index contributed by atoms with van der Waals surface area (Å²) in [6.45, 7) is 6.79. The highest BCUT2D eigenvalue weighted by Gasteiger charge is 2.07. The second kappa shape index (κ2) is 6.56. The average Bonchev–Trinajstić information content (AvgIpc) is 2.45. The van der Waals surface area contributed by atoms with Crippen LogP contribution in [0.4, 0.5) is 0 Å². The van der Waals surface area contributed by atoms with Crippen LogP contribution >= 0.6 is 0 Å². The van der Waals surface area contributed by atoms with E-state index in [2.05, 4.69) is 69.3 Å². The molecule has 0 unspecified atom stereocenters. The van der Waals surface area contributed by atoms with Gasteiger partial charge in [-0.15, -0.1) is 0 Å². The molecule has 19 heavy (non-hydrogen) atoms. The molecule has 0 radical (unpaired) electrons. The first kappa shape index (κ1) is 13.9. The molecule has 0 amide bonds. The van der Waals surface area contributed by atoms with Crippen LogP contribution in [0.2, 0.25) is 0 Å². The summed E-state index contributed by atoms with van der Waals surface area (Å²) < 4.78 is 0. The average molecular weight is 252 g/mol. The number of hydrogen-bond acceptors (Lipinski definition) is 0. The summed E-state index contributed by atoms with van der Waals surface area (Å²) in [7, 11) is 0. The van der Waals surface area contributed by atoms with Gasteiger partial charge < -0.3 is 0 Å². The van der Waals surface area contributed by atoms with Crippen LogP contribution in [0.25, 0.3) is 0 Å². The zero-order valence-electron chi connectivity index (χ0n) is 12.3. The Kier molecular flexibility index (Phi) is 4.79. The topological polar surface area (TPSA) is 0 Å². The number of benzene rings is 2. The lowest BCUT2D eigenvalue weighted by atomic mass is 9.92. The molecule has 0 heterocycles. The van der Waals surface area contributed by atoms with Crippen molar-refractivity contribution in [1.29, 1.82) is 0 Å². The molecule has 0 aliphatic rings. The number of rotatable bonds is 5. The van der Waals surface area contributed by atoms with E-state index in [-0.39, 0.29) is 0 Å². The lowest BCUT2D eigenvalue weighted by Crippen LogP contribution is -2.00. The van der Waals surface area contributed by atoms with Crippen molar-refractivity contribution >= 4 is 0 Å². The predicted octanol–water partition coefficient (Wildman–Crippen LogP) is 5.16. The van der Waals surface area contributed by atoms with Gasteiger partial charge in [-0.3, -0.25) is 0 Å². The van der Waals surface area contributed by atoms with Crippen LogP contribution in [0.5, 0.6) is 0 Å². The largest absolute Gasteiger partial charge is 0.0620 e. The van der Waals surface area contributed by atoms with Gasteiger partial charge in [0, 0.05) is 0 Å². The maximum atomic E-state index is 2.28. The van der Waals surface area contributed by atoms with Crippen LogP contribution in [0, 0.1) is 0 Å². The van der Waals surface area contributed by atoms with Crippen LogP contribution in [0.15, 0.2) is 48.5 Å². The fourth-order valence-corrected chi connectivity index (χ4v) is 2.74. The van der Waals surface area contributed by atoms with E-state index in [1.165, 1.54) is 22.3 Å². The summed E-state index contributed by atoms with van der Waals surface area (Å²) in [4.78, 5) is 0. The van der Waals surface area contributed by atoms with Gasteiger partial charge in [0.05, 0.1) is 0 Å². The summed E-state index contributed by atoms with van der Waals surface area (Å²) in [5.74, 6) is 0.609. The zero-order chi connectivity index (χ0) is 13.7. The van der Waals surface area contributed by atoms with Crippen molar-refractivity contribution in [1.82, 2.24) is 0 Å². The molecule has 2 aromatic rings. The third-order valence-electron chi connectivity index (χ3n) is 3.84. The standard InChI is InChI=1S/C19H24/c1-4-16-9-5-6-10-17(16)13-14-18-11-7-8-12-19(18)15(2)3/h5-12,15H,4,13-14H2,1-3H3. The Balaban J connectivity index is 2.15. The molecule has 0 N–H and O–H groups in total. The predicted molar refractivity (Wildman–Crippen MR) is 83.8 cm³/mol. The molecule has 0 bridgehead atoms. The third kappa shape index (κ3) is 3.47. The van der Waals surface area contributed by atoms with Crippen LogP contribution in [-0.4, -0.2) is 0 Å². The van der Waals surface area contributed by atoms with Gasteiger partial charge in [0.25, 0.3) is 0 Å². The maximum absolute atomic E-state index is 2.28. The third-order valence-corrected chi connectivity index (χ3v) is 3.84. The van der Waals surface area contributed by atoms with E-state index in [1.54, 1.807) is 0 Å². The van der Waals surface area contributed by atoms with Crippen LogP contribution in [0.1, 0.15) is 48.9 Å². The highest BCUT2D eigenvalue weighted by molar-refractivity contribution is 5.32. The van der Waals surface area contributed by atoms with E-state index in [9.17, 15) is 0 Å². The molecule has 0 aliphatic carbocycles. The van der Waals surface area contributed by atoms with Crippen molar-refractivity contribution in [3.05, 3.63) is 70.8 Å². The number of aryl methyl sites for hydroxylation is 3.